The zero-order valence-corrected chi connectivity index (χ0v) is 12.0. The van der Waals surface area contributed by atoms with E-state index in [0.717, 1.165) is 24.2 Å². The molecule has 0 atom stereocenters. The summed E-state index contributed by atoms with van der Waals surface area (Å²) in [6.45, 7) is 2.69. The van der Waals surface area contributed by atoms with Crippen molar-refractivity contribution in [2.24, 2.45) is 0 Å². The third-order valence-corrected chi connectivity index (χ3v) is 3.22. The monoisotopic (exact) mass is 292 g/mol. The summed E-state index contributed by atoms with van der Waals surface area (Å²) in [6, 6.07) is 7.58. The molecule has 0 aliphatic carbocycles. The fraction of sp³-hybridized carbons (Fsp3) is 0.286. The van der Waals surface area contributed by atoms with Crippen LogP contribution >= 0.6 is 11.6 Å². The zero-order valence-electron chi connectivity index (χ0n) is 11.2. The van der Waals surface area contributed by atoms with Gasteiger partial charge in [-0.05, 0) is 24.1 Å². The summed E-state index contributed by atoms with van der Waals surface area (Å²) in [5, 5.41) is 17.5. The molecule has 106 valence electrons. The number of anilines is 1. The lowest BCUT2D eigenvalue weighted by molar-refractivity contribution is 0.386. The number of halogens is 1. The molecule has 1 aromatic carbocycles. The van der Waals surface area contributed by atoms with Crippen LogP contribution in [0.2, 0.25) is 5.02 Å². The molecule has 0 fully saturated rings. The van der Waals surface area contributed by atoms with Gasteiger partial charge in [-0.25, -0.2) is 4.98 Å². The first-order valence-corrected chi connectivity index (χ1v) is 6.81. The van der Waals surface area contributed by atoms with Crippen LogP contribution in [0.1, 0.15) is 24.7 Å². The molecule has 20 heavy (non-hydrogen) atoms. The number of aryl methyl sites for hydroxylation is 1. The molecule has 2 aromatic rings. The highest BCUT2D eigenvalue weighted by molar-refractivity contribution is 6.30. The summed E-state index contributed by atoms with van der Waals surface area (Å²) < 4.78 is 1.93. The summed E-state index contributed by atoms with van der Waals surface area (Å²) >= 11 is 5.88. The zero-order chi connectivity index (χ0) is 14.5. The fourth-order valence-electron chi connectivity index (χ4n) is 1.97. The second kappa shape index (κ2) is 6.54. The molecule has 0 unspecified atom stereocenters. The lowest BCUT2D eigenvalue weighted by Gasteiger charge is -2.14. The fourth-order valence-corrected chi connectivity index (χ4v) is 2.10. The molecule has 0 amide bonds. The normalized spacial score (nSPS) is 10.6. The number of aromatic nitrogens is 2. The van der Waals surface area contributed by atoms with Gasteiger partial charge in [-0.15, -0.1) is 0 Å². The number of hydrogen-bond acceptors (Lipinski definition) is 4. The first-order valence-electron chi connectivity index (χ1n) is 6.43. The largest absolute Gasteiger partial charge is 0.330 e. The Morgan fingerprint density at radius 3 is 2.65 bits per heavy atom. The molecule has 0 aliphatic heterocycles. The van der Waals surface area contributed by atoms with Crippen LogP contribution in [0.15, 0.2) is 30.5 Å². The smallest absolute Gasteiger partial charge is 0.173 e. The maximum absolute atomic E-state index is 9.03. The Morgan fingerprint density at radius 2 is 2.05 bits per heavy atom. The van der Waals surface area contributed by atoms with E-state index in [9.17, 15) is 0 Å². The van der Waals surface area contributed by atoms with E-state index in [1.807, 2.05) is 34.3 Å². The quantitative estimate of drug-likeness (QED) is 0.742. The second-order valence-electron chi connectivity index (χ2n) is 4.54. The summed E-state index contributed by atoms with van der Waals surface area (Å²) in [5.41, 5.74) is 3.43. The van der Waals surface area contributed by atoms with Gasteiger partial charge in [-0.1, -0.05) is 30.7 Å². The van der Waals surface area contributed by atoms with E-state index >= 15 is 0 Å². The number of rotatable bonds is 5. The van der Waals surface area contributed by atoms with E-state index in [1.165, 1.54) is 0 Å². The van der Waals surface area contributed by atoms with E-state index in [-0.39, 0.29) is 5.49 Å². The molecule has 1 aromatic heterocycles. The molecule has 0 saturated carbocycles. The van der Waals surface area contributed by atoms with Crippen molar-refractivity contribution in [3.63, 3.8) is 0 Å². The van der Waals surface area contributed by atoms with Crippen molar-refractivity contribution >= 4 is 17.3 Å². The Hall–Kier alpha value is -1.85. The molecule has 0 saturated heterocycles. The van der Waals surface area contributed by atoms with Crippen molar-refractivity contribution in [1.29, 1.82) is 5.41 Å². The predicted octanol–water partition coefficient (Wildman–Crippen LogP) is 2.82. The van der Waals surface area contributed by atoms with Crippen molar-refractivity contribution < 1.29 is 5.21 Å². The first kappa shape index (κ1) is 14.6. The molecule has 2 rings (SSSR count). The molecular weight excluding hydrogens is 276 g/mol. The minimum Gasteiger partial charge on any atom is -0.330 e. The van der Waals surface area contributed by atoms with Gasteiger partial charge < -0.3 is 4.57 Å². The molecule has 5 nitrogen and oxygen atoms in total. The van der Waals surface area contributed by atoms with Crippen LogP contribution in [0.5, 0.6) is 0 Å². The molecule has 6 heteroatoms. The summed E-state index contributed by atoms with van der Waals surface area (Å²) in [6.07, 6.45) is 3.43. The summed E-state index contributed by atoms with van der Waals surface area (Å²) in [4.78, 5) is 4.23. The molecule has 0 spiro atoms. The van der Waals surface area contributed by atoms with Gasteiger partial charge in [0.2, 0.25) is 0 Å². The standard InChI is InChI=1S/C14H17ClN4O/c1-2-3-13-17-14(16)12(18-20)9-19(13)8-10-4-6-11(15)7-5-10/h4-7,9,16,18,20H,2-3,8H2,1H3. The van der Waals surface area contributed by atoms with Crippen molar-refractivity contribution in [3.8, 4) is 0 Å². The Labute approximate surface area is 122 Å². The molecule has 0 aliphatic rings. The van der Waals surface area contributed by atoms with Gasteiger partial charge in [0.25, 0.3) is 0 Å². The van der Waals surface area contributed by atoms with Crippen LogP contribution in [-0.4, -0.2) is 14.8 Å². The Morgan fingerprint density at radius 1 is 1.35 bits per heavy atom. The van der Waals surface area contributed by atoms with Crippen LogP contribution in [0.25, 0.3) is 0 Å². The first-order chi connectivity index (χ1) is 9.63. The molecule has 0 bridgehead atoms. The van der Waals surface area contributed by atoms with Crippen LogP contribution in [0, 0.1) is 5.41 Å². The van der Waals surface area contributed by atoms with Gasteiger partial charge in [-0.3, -0.25) is 16.1 Å². The highest BCUT2D eigenvalue weighted by Crippen LogP contribution is 2.12. The van der Waals surface area contributed by atoms with E-state index in [1.54, 1.807) is 6.20 Å². The number of benzene rings is 1. The lowest BCUT2D eigenvalue weighted by Crippen LogP contribution is -2.21. The Bertz CT molecular complexity index is 637. The lowest BCUT2D eigenvalue weighted by atomic mass is 10.2. The van der Waals surface area contributed by atoms with Crippen LogP contribution in [0.4, 0.5) is 5.69 Å². The van der Waals surface area contributed by atoms with Crippen molar-refractivity contribution in [1.82, 2.24) is 9.55 Å². The molecular formula is C14H17ClN4O. The second-order valence-corrected chi connectivity index (χ2v) is 4.97. The highest BCUT2D eigenvalue weighted by Gasteiger charge is 2.06. The van der Waals surface area contributed by atoms with E-state index in [4.69, 9.17) is 22.2 Å². The van der Waals surface area contributed by atoms with E-state index in [0.29, 0.717) is 17.3 Å². The highest BCUT2D eigenvalue weighted by atomic mass is 35.5. The van der Waals surface area contributed by atoms with Gasteiger partial charge in [0, 0.05) is 24.2 Å². The van der Waals surface area contributed by atoms with Gasteiger partial charge in [0.15, 0.2) is 5.49 Å². The minimum atomic E-state index is 0.0447. The number of nitrogens with one attached hydrogen (secondary N) is 2. The SMILES string of the molecule is CCCc1nc(=N)c(NO)cn1Cc1ccc(Cl)cc1. The average molecular weight is 293 g/mol. The van der Waals surface area contributed by atoms with Crippen molar-refractivity contribution in [2.45, 2.75) is 26.3 Å². The number of hydrogen-bond donors (Lipinski definition) is 3. The van der Waals surface area contributed by atoms with E-state index in [2.05, 4.69) is 11.9 Å². The third-order valence-electron chi connectivity index (χ3n) is 2.97. The van der Waals surface area contributed by atoms with Crippen molar-refractivity contribution in [2.75, 3.05) is 5.48 Å². The van der Waals surface area contributed by atoms with Crippen molar-refractivity contribution in [3.05, 3.63) is 52.4 Å². The Balaban J connectivity index is 2.37. The number of nitrogens with zero attached hydrogens (tertiary/aromatic N) is 2. The third kappa shape index (κ3) is 3.37. The molecule has 3 N–H and O–H groups in total. The topological polar surface area (TPSA) is 73.9 Å². The Kier molecular flexibility index (Phi) is 4.76. The maximum Gasteiger partial charge on any atom is 0.173 e. The molecule has 1 heterocycles. The van der Waals surface area contributed by atoms with Gasteiger partial charge in [-0.2, -0.15) is 0 Å². The van der Waals surface area contributed by atoms with Gasteiger partial charge >= 0.3 is 0 Å². The summed E-state index contributed by atoms with van der Waals surface area (Å²) in [5.74, 6) is 0.825. The predicted molar refractivity (Wildman–Crippen MR) is 78.0 cm³/mol. The minimum absolute atomic E-state index is 0.0447. The van der Waals surface area contributed by atoms with Gasteiger partial charge in [0.05, 0.1) is 0 Å². The molecule has 0 radical (unpaired) electrons. The van der Waals surface area contributed by atoms with E-state index < -0.39 is 0 Å². The van der Waals surface area contributed by atoms with Crippen LogP contribution in [0.3, 0.4) is 0 Å². The van der Waals surface area contributed by atoms with Crippen LogP contribution in [-0.2, 0) is 13.0 Å². The maximum atomic E-state index is 9.03. The van der Waals surface area contributed by atoms with Crippen LogP contribution < -0.4 is 11.0 Å². The van der Waals surface area contributed by atoms with Gasteiger partial charge in [0.1, 0.15) is 11.5 Å². The summed E-state index contributed by atoms with van der Waals surface area (Å²) in [7, 11) is 0. The average Bonchev–Trinajstić information content (AvgIpc) is 2.44.